The van der Waals surface area contributed by atoms with Crippen molar-refractivity contribution in [3.8, 4) is 22.8 Å². The van der Waals surface area contributed by atoms with E-state index >= 15 is 0 Å². The van der Waals surface area contributed by atoms with Gasteiger partial charge in [-0.2, -0.15) is 4.99 Å². The van der Waals surface area contributed by atoms with Gasteiger partial charge in [-0.15, -0.1) is 18.3 Å². The van der Waals surface area contributed by atoms with Crippen LogP contribution >= 0.6 is 24.0 Å². The zero-order chi connectivity index (χ0) is 30.0. The highest BCUT2D eigenvalue weighted by Crippen LogP contribution is 2.33. The summed E-state index contributed by atoms with van der Waals surface area (Å²) < 4.78 is 42.6. The van der Waals surface area contributed by atoms with Crippen LogP contribution in [0.3, 0.4) is 0 Å². The summed E-state index contributed by atoms with van der Waals surface area (Å²) in [4.78, 5) is 23.2. The Hall–Kier alpha value is -4.23. The van der Waals surface area contributed by atoms with Gasteiger partial charge < -0.3 is 10.1 Å². The minimum atomic E-state index is -4.75. The fraction of sp³-hybridized carbons (Fsp3) is 0.207. The Morgan fingerprint density at radius 1 is 1.07 bits per heavy atom. The van der Waals surface area contributed by atoms with Crippen LogP contribution in [0.4, 0.5) is 18.9 Å². The van der Waals surface area contributed by atoms with Crippen molar-refractivity contribution in [2.24, 2.45) is 4.99 Å². The van der Waals surface area contributed by atoms with E-state index in [4.69, 9.17) is 12.2 Å². The van der Waals surface area contributed by atoms with E-state index in [1.165, 1.54) is 47.0 Å². The predicted octanol–water partition coefficient (Wildman–Crippen LogP) is 6.27. The number of hydrogen-bond acceptors (Lipinski definition) is 6. The van der Waals surface area contributed by atoms with Crippen LogP contribution in [0.2, 0.25) is 0 Å². The van der Waals surface area contributed by atoms with Gasteiger partial charge in [0.15, 0.2) is 16.1 Å². The predicted molar refractivity (Wildman–Crippen MR) is 161 cm³/mol. The Morgan fingerprint density at radius 2 is 1.74 bits per heavy atom. The zero-order valence-corrected chi connectivity index (χ0v) is 24.4. The molecule has 4 aromatic rings. The Bertz CT molecular complexity index is 1650. The summed E-state index contributed by atoms with van der Waals surface area (Å²) in [5.41, 5.74) is 6.22. The number of aryl methyl sites for hydroxylation is 3. The Labute approximate surface area is 249 Å². The van der Waals surface area contributed by atoms with E-state index in [1.54, 1.807) is 4.90 Å². The van der Waals surface area contributed by atoms with Crippen LogP contribution in [-0.4, -0.2) is 43.1 Å². The number of hydrogen-bond donors (Lipinski definition) is 1. The lowest BCUT2D eigenvalue weighted by Crippen LogP contribution is -2.32. The number of aromatic nitrogens is 3. The van der Waals surface area contributed by atoms with Crippen LogP contribution in [0.1, 0.15) is 22.3 Å². The van der Waals surface area contributed by atoms with Crippen LogP contribution in [0.25, 0.3) is 17.1 Å². The fourth-order valence-electron chi connectivity index (χ4n) is 4.59. The van der Waals surface area contributed by atoms with Gasteiger partial charge in [-0.25, -0.2) is 9.67 Å². The number of carbonyl (C=O) groups is 1. The first-order valence-corrected chi connectivity index (χ1v) is 14.1. The van der Waals surface area contributed by atoms with Gasteiger partial charge in [0.1, 0.15) is 12.1 Å². The number of rotatable bonds is 6. The first-order chi connectivity index (χ1) is 20.0. The first-order valence-electron chi connectivity index (χ1n) is 12.7. The molecule has 0 unspecified atom stereocenters. The van der Waals surface area contributed by atoms with Crippen LogP contribution < -0.4 is 15.0 Å². The molecule has 2 heterocycles. The minimum absolute atomic E-state index is 0.0317. The molecule has 0 atom stereocenters. The third kappa shape index (κ3) is 6.80. The van der Waals surface area contributed by atoms with Crippen LogP contribution in [-0.2, 0) is 11.3 Å². The van der Waals surface area contributed by atoms with E-state index < -0.39 is 6.36 Å². The molecule has 8 nitrogen and oxygen atoms in total. The maximum atomic E-state index is 12.7. The van der Waals surface area contributed by atoms with Gasteiger partial charge in [0.25, 0.3) is 0 Å². The number of ether oxygens (including phenoxy) is 1. The molecule has 3 aromatic carbocycles. The molecule has 1 N–H and O–H groups in total. The van der Waals surface area contributed by atoms with Gasteiger partial charge in [0.05, 0.1) is 17.1 Å². The Kier molecular flexibility index (Phi) is 8.32. The summed E-state index contributed by atoms with van der Waals surface area (Å²) in [6.07, 6.45) is -3.27. The lowest BCUT2D eigenvalue weighted by atomic mass is 10.0. The lowest BCUT2D eigenvalue weighted by Gasteiger charge is -2.21. The van der Waals surface area contributed by atoms with E-state index in [9.17, 15) is 18.0 Å². The minimum Gasteiger partial charge on any atom is -0.406 e. The molecule has 1 amide bonds. The smallest absolute Gasteiger partial charge is 0.406 e. The van der Waals surface area contributed by atoms with Crippen molar-refractivity contribution in [3.63, 3.8) is 0 Å². The normalized spacial score (nSPS) is 14.5. The van der Waals surface area contributed by atoms with Gasteiger partial charge in [0, 0.05) is 12.1 Å². The number of nitrogens with zero attached hydrogens (tertiary/aromatic N) is 5. The SMILES string of the molecule is Cc1cc(C)c(N2C(=O)CSC2=NC(=S)NCc2ccc(-c3ncn(-c4ccc(OC(F)(F)F)cc4)n3)cc2)c(C)c1. The number of amidine groups is 1. The first kappa shape index (κ1) is 29.3. The summed E-state index contributed by atoms with van der Waals surface area (Å²) >= 11 is 6.83. The summed E-state index contributed by atoms with van der Waals surface area (Å²) in [5.74, 6) is 0.412. The van der Waals surface area contributed by atoms with Crippen molar-refractivity contribution in [2.45, 2.75) is 33.7 Å². The Morgan fingerprint density at radius 3 is 2.38 bits per heavy atom. The standard InChI is InChI=1S/C29H25F3N6O2S2/c1-17-12-18(2)25(19(3)13-17)38-24(39)15-42-28(38)35-27(41)33-14-20-4-6-21(7-5-20)26-34-16-37(36-26)22-8-10-23(11-9-22)40-29(30,31)32/h4-13,16H,14-15H2,1-3H3,(H,33,41). The van der Waals surface area contributed by atoms with Gasteiger partial charge >= 0.3 is 6.36 Å². The number of alkyl halides is 3. The van der Waals surface area contributed by atoms with E-state index in [1.807, 2.05) is 57.2 Å². The third-order valence-corrected chi connectivity index (χ3v) is 7.46. The van der Waals surface area contributed by atoms with Gasteiger partial charge in [-0.1, -0.05) is 53.7 Å². The van der Waals surface area contributed by atoms with Crippen molar-refractivity contribution in [1.82, 2.24) is 20.1 Å². The topological polar surface area (TPSA) is 84.6 Å². The summed E-state index contributed by atoms with van der Waals surface area (Å²) in [7, 11) is 0. The molecular formula is C29H25F3N6O2S2. The van der Waals surface area contributed by atoms with Crippen LogP contribution in [0, 0.1) is 20.8 Å². The summed E-state index contributed by atoms with van der Waals surface area (Å²) in [5, 5.41) is 8.38. The number of thiocarbonyl (C=S) groups is 1. The average Bonchev–Trinajstić information content (AvgIpc) is 3.55. The van der Waals surface area contributed by atoms with Gasteiger partial charge in [-0.3, -0.25) is 9.69 Å². The number of carbonyl (C=O) groups excluding carboxylic acids is 1. The largest absolute Gasteiger partial charge is 0.573 e. The molecule has 1 fully saturated rings. The second-order valence-corrected chi connectivity index (χ2v) is 10.9. The third-order valence-electron chi connectivity index (χ3n) is 6.30. The highest BCUT2D eigenvalue weighted by atomic mass is 32.2. The van der Waals surface area contributed by atoms with Gasteiger partial charge in [0.2, 0.25) is 5.91 Å². The number of halogens is 3. The molecule has 13 heteroatoms. The van der Waals surface area contributed by atoms with Crippen molar-refractivity contribution in [3.05, 3.63) is 89.2 Å². The van der Waals surface area contributed by atoms with Crippen LogP contribution in [0.15, 0.2) is 72.0 Å². The molecule has 1 aromatic heterocycles. The molecule has 1 aliphatic heterocycles. The van der Waals surface area contributed by atoms with Crippen LogP contribution in [0.5, 0.6) is 5.75 Å². The molecule has 0 saturated carbocycles. The number of anilines is 1. The number of thioether (sulfide) groups is 1. The van der Waals surface area contributed by atoms with E-state index in [2.05, 4.69) is 25.1 Å². The van der Waals surface area contributed by atoms with Crippen molar-refractivity contribution < 1.29 is 22.7 Å². The van der Waals surface area contributed by atoms with Crippen molar-refractivity contribution >= 4 is 45.9 Å². The summed E-state index contributed by atoms with van der Waals surface area (Å²) in [6.45, 7) is 6.41. The second kappa shape index (κ2) is 11.9. The lowest BCUT2D eigenvalue weighted by molar-refractivity contribution is -0.274. The highest BCUT2D eigenvalue weighted by molar-refractivity contribution is 8.15. The molecule has 0 spiro atoms. The Balaban J connectivity index is 1.21. The van der Waals surface area contributed by atoms with Gasteiger partial charge in [-0.05, 0) is 73.9 Å². The molecule has 1 aliphatic rings. The average molecular weight is 611 g/mol. The number of nitrogens with one attached hydrogen (secondary N) is 1. The number of aliphatic imine (C=N–C) groups is 1. The quantitative estimate of drug-likeness (QED) is 0.258. The molecular weight excluding hydrogens is 585 g/mol. The highest BCUT2D eigenvalue weighted by Gasteiger charge is 2.32. The van der Waals surface area contributed by atoms with E-state index in [-0.39, 0.29) is 16.8 Å². The molecule has 0 aliphatic carbocycles. The molecule has 1 saturated heterocycles. The molecule has 216 valence electrons. The number of amides is 1. The molecule has 0 radical (unpaired) electrons. The number of benzene rings is 3. The maximum Gasteiger partial charge on any atom is 0.573 e. The monoisotopic (exact) mass is 610 g/mol. The molecule has 0 bridgehead atoms. The fourth-order valence-corrected chi connectivity index (χ4v) is 5.66. The van der Waals surface area contributed by atoms with Crippen molar-refractivity contribution in [1.29, 1.82) is 0 Å². The van der Waals surface area contributed by atoms with Crippen molar-refractivity contribution in [2.75, 3.05) is 10.7 Å². The molecule has 42 heavy (non-hydrogen) atoms. The van der Waals surface area contributed by atoms with E-state index in [0.717, 1.165) is 33.5 Å². The maximum absolute atomic E-state index is 12.7. The molecule has 5 rings (SSSR count). The summed E-state index contributed by atoms with van der Waals surface area (Å²) in [6, 6.07) is 17.0. The zero-order valence-electron chi connectivity index (χ0n) is 22.8. The van der Waals surface area contributed by atoms with E-state index in [0.29, 0.717) is 29.0 Å². The second-order valence-electron chi connectivity index (χ2n) is 9.57.